The smallest absolute Gasteiger partial charge is 0.372 e. The maximum atomic E-state index is 6.35. The molecule has 4 aromatic carbocycles. The number of rotatable bonds is 19. The highest BCUT2D eigenvalue weighted by molar-refractivity contribution is 6.82. The van der Waals surface area contributed by atoms with Crippen LogP contribution in [0.25, 0.3) is 0 Å². The Morgan fingerprint density at radius 3 is 0.848 bits per heavy atom. The van der Waals surface area contributed by atoms with Gasteiger partial charge in [-0.05, 0) is 63.9 Å². The summed E-state index contributed by atoms with van der Waals surface area (Å²) >= 11 is 0. The van der Waals surface area contributed by atoms with E-state index in [1.54, 1.807) is 42.7 Å². The van der Waals surface area contributed by atoms with E-state index in [-0.39, 0.29) is 5.41 Å². The second-order valence-electron chi connectivity index (χ2n) is 11.7. The van der Waals surface area contributed by atoms with Gasteiger partial charge in [0.15, 0.2) is 0 Å². The third-order valence-electron chi connectivity index (χ3n) is 9.80. The van der Waals surface area contributed by atoms with Crippen LogP contribution in [-0.2, 0) is 32.0 Å². The Bertz CT molecular complexity index is 1270. The Labute approximate surface area is 279 Å². The van der Waals surface area contributed by atoms with Crippen LogP contribution in [0.15, 0.2) is 121 Å². The normalized spacial score (nSPS) is 12.7. The van der Waals surface area contributed by atoms with Gasteiger partial charge in [0.2, 0.25) is 0 Å². The van der Waals surface area contributed by atoms with Crippen molar-refractivity contribution < 1.29 is 26.6 Å². The fourth-order valence-corrected chi connectivity index (χ4v) is 15.4. The molecule has 246 valence electrons. The Morgan fingerprint density at radius 2 is 0.609 bits per heavy atom. The quantitative estimate of drug-likeness (QED) is 0.114. The molecular formula is C37H50O6Si3. The highest BCUT2D eigenvalue weighted by Crippen LogP contribution is 2.43. The van der Waals surface area contributed by atoms with Crippen LogP contribution in [0.2, 0.25) is 18.1 Å². The van der Waals surface area contributed by atoms with Gasteiger partial charge in [-0.25, -0.2) is 0 Å². The number of benzene rings is 4. The zero-order valence-electron chi connectivity index (χ0n) is 28.2. The van der Waals surface area contributed by atoms with Gasteiger partial charge in [0, 0.05) is 42.7 Å². The molecular weight excluding hydrogens is 625 g/mol. The minimum Gasteiger partial charge on any atom is -0.394 e. The standard InChI is InChI=1S/C37H50O6Si3/c1-38-44(39-2,34-21-13-8-14-22-34)30-27-37(33-19-11-7-12-20-33,28-31-45(40-3,41-4)35-23-15-9-16-24-35)29-32-46(42-5,43-6)36-25-17-10-18-26-36/h7-26H,27-32H2,1-6H3. The molecule has 0 aliphatic carbocycles. The maximum absolute atomic E-state index is 6.35. The molecule has 4 aromatic rings. The summed E-state index contributed by atoms with van der Waals surface area (Å²) in [6.45, 7) is 0. The van der Waals surface area contributed by atoms with Crippen LogP contribution >= 0.6 is 0 Å². The lowest BCUT2D eigenvalue weighted by molar-refractivity contribution is 0.231. The highest BCUT2D eigenvalue weighted by atomic mass is 28.4. The van der Waals surface area contributed by atoms with Crippen molar-refractivity contribution in [2.45, 2.75) is 42.8 Å². The topological polar surface area (TPSA) is 55.4 Å². The summed E-state index contributed by atoms with van der Waals surface area (Å²) in [7, 11) is 2.42. The van der Waals surface area contributed by atoms with Gasteiger partial charge in [0.1, 0.15) is 0 Å². The Kier molecular flexibility index (Phi) is 13.3. The number of hydrogen-bond acceptors (Lipinski definition) is 6. The van der Waals surface area contributed by atoms with Crippen LogP contribution < -0.4 is 15.6 Å². The molecule has 0 radical (unpaired) electrons. The molecule has 0 aromatic heterocycles. The van der Waals surface area contributed by atoms with E-state index in [0.717, 1.165) is 53.0 Å². The molecule has 0 atom stereocenters. The van der Waals surface area contributed by atoms with E-state index in [1.807, 2.05) is 18.2 Å². The molecule has 4 rings (SSSR count). The highest BCUT2D eigenvalue weighted by Gasteiger charge is 2.48. The van der Waals surface area contributed by atoms with Crippen molar-refractivity contribution in [1.29, 1.82) is 0 Å². The van der Waals surface area contributed by atoms with Crippen molar-refractivity contribution in [1.82, 2.24) is 0 Å². The molecule has 0 unspecified atom stereocenters. The van der Waals surface area contributed by atoms with Crippen molar-refractivity contribution in [3.63, 3.8) is 0 Å². The first kappa shape index (κ1) is 36.1. The molecule has 46 heavy (non-hydrogen) atoms. The van der Waals surface area contributed by atoms with E-state index in [1.165, 1.54) is 5.56 Å². The van der Waals surface area contributed by atoms with Crippen molar-refractivity contribution in [3.8, 4) is 0 Å². The molecule has 0 saturated heterocycles. The van der Waals surface area contributed by atoms with Crippen LogP contribution in [0, 0.1) is 0 Å². The number of hydrogen-bond donors (Lipinski definition) is 0. The summed E-state index contributed by atoms with van der Waals surface area (Å²) in [6, 6.07) is 44.5. The molecule has 0 bridgehead atoms. The zero-order chi connectivity index (χ0) is 32.9. The van der Waals surface area contributed by atoms with E-state index in [4.69, 9.17) is 26.6 Å². The Hall–Kier alpha value is -2.71. The van der Waals surface area contributed by atoms with Crippen LogP contribution in [0.5, 0.6) is 0 Å². The predicted molar refractivity (Wildman–Crippen MR) is 194 cm³/mol. The minimum absolute atomic E-state index is 0.278. The molecule has 0 aliphatic rings. The molecule has 9 heteroatoms. The average Bonchev–Trinajstić information content (AvgIpc) is 3.14. The molecule has 0 saturated carbocycles. The van der Waals surface area contributed by atoms with Gasteiger partial charge in [-0.15, -0.1) is 0 Å². The minimum atomic E-state index is -2.78. The van der Waals surface area contributed by atoms with Gasteiger partial charge >= 0.3 is 25.7 Å². The first-order chi connectivity index (χ1) is 22.4. The summed E-state index contributed by atoms with van der Waals surface area (Å²) in [6.07, 6.45) is 2.54. The molecule has 6 nitrogen and oxygen atoms in total. The van der Waals surface area contributed by atoms with Gasteiger partial charge in [0.05, 0.1) is 0 Å². The van der Waals surface area contributed by atoms with Crippen molar-refractivity contribution in [3.05, 3.63) is 127 Å². The summed E-state index contributed by atoms with van der Waals surface area (Å²) < 4.78 is 38.1. The summed E-state index contributed by atoms with van der Waals surface area (Å²) in [5.74, 6) is 0. The molecule has 0 aliphatic heterocycles. The fourth-order valence-electron chi connectivity index (χ4n) is 6.89. The summed E-state index contributed by atoms with van der Waals surface area (Å²) in [4.78, 5) is 0. The first-order valence-electron chi connectivity index (χ1n) is 15.9. The lowest BCUT2D eigenvalue weighted by Gasteiger charge is -2.41. The fraction of sp³-hybridized carbons (Fsp3) is 0.351. The van der Waals surface area contributed by atoms with E-state index in [0.29, 0.717) is 0 Å². The zero-order valence-corrected chi connectivity index (χ0v) is 31.2. The predicted octanol–water partition coefficient (Wildman–Crippen LogP) is 6.02. The molecule has 0 heterocycles. The van der Waals surface area contributed by atoms with Crippen molar-refractivity contribution in [2.24, 2.45) is 0 Å². The third kappa shape index (κ3) is 7.87. The van der Waals surface area contributed by atoms with E-state index >= 15 is 0 Å². The second kappa shape index (κ2) is 16.9. The van der Waals surface area contributed by atoms with E-state index < -0.39 is 25.7 Å². The van der Waals surface area contributed by atoms with Gasteiger partial charge in [-0.1, -0.05) is 121 Å². The SMILES string of the molecule is CO[Si](CCC(CC[Si](OC)(OC)c1ccccc1)(CC[Si](OC)(OC)c1ccccc1)c1ccccc1)(OC)c1ccccc1. The Morgan fingerprint density at radius 1 is 0.370 bits per heavy atom. The summed E-state index contributed by atoms with van der Waals surface area (Å²) in [5.41, 5.74) is 1.00. The van der Waals surface area contributed by atoms with E-state index in [9.17, 15) is 0 Å². The van der Waals surface area contributed by atoms with Gasteiger partial charge in [-0.3, -0.25) is 0 Å². The molecule has 0 amide bonds. The maximum Gasteiger partial charge on any atom is 0.372 e. The Balaban J connectivity index is 1.82. The summed E-state index contributed by atoms with van der Waals surface area (Å²) in [5, 5.41) is 3.39. The first-order valence-corrected chi connectivity index (χ1v) is 22.0. The monoisotopic (exact) mass is 674 g/mol. The third-order valence-corrected chi connectivity index (χ3v) is 20.1. The largest absolute Gasteiger partial charge is 0.394 e. The average molecular weight is 675 g/mol. The van der Waals surface area contributed by atoms with Gasteiger partial charge < -0.3 is 26.6 Å². The van der Waals surface area contributed by atoms with E-state index in [2.05, 4.69) is 103 Å². The lowest BCUT2D eigenvalue weighted by atomic mass is 9.73. The van der Waals surface area contributed by atoms with Crippen molar-refractivity contribution in [2.75, 3.05) is 42.7 Å². The second-order valence-corrected chi connectivity index (χ2v) is 21.9. The van der Waals surface area contributed by atoms with Crippen LogP contribution in [0.3, 0.4) is 0 Å². The molecule has 0 N–H and O–H groups in total. The lowest BCUT2D eigenvalue weighted by Crippen LogP contribution is -2.55. The van der Waals surface area contributed by atoms with Crippen LogP contribution in [0.4, 0.5) is 0 Å². The van der Waals surface area contributed by atoms with Gasteiger partial charge in [-0.2, -0.15) is 0 Å². The molecule has 0 fully saturated rings. The molecule has 0 spiro atoms. The van der Waals surface area contributed by atoms with Crippen LogP contribution in [-0.4, -0.2) is 68.3 Å². The van der Waals surface area contributed by atoms with Crippen LogP contribution in [0.1, 0.15) is 24.8 Å². The van der Waals surface area contributed by atoms with Gasteiger partial charge in [0.25, 0.3) is 0 Å². The van der Waals surface area contributed by atoms with Crippen molar-refractivity contribution >= 4 is 41.2 Å².